The van der Waals surface area contributed by atoms with Crippen molar-refractivity contribution in [2.75, 3.05) is 20.3 Å². The van der Waals surface area contributed by atoms with Gasteiger partial charge in [0.1, 0.15) is 18.1 Å². The van der Waals surface area contributed by atoms with E-state index in [0.29, 0.717) is 0 Å². The van der Waals surface area contributed by atoms with Crippen LogP contribution in [0.15, 0.2) is 24.3 Å². The first-order valence-corrected chi connectivity index (χ1v) is 6.18. The average Bonchev–Trinajstić information content (AvgIpc) is 2.41. The van der Waals surface area contributed by atoms with Crippen molar-refractivity contribution in [3.8, 4) is 5.75 Å². The molecule has 0 N–H and O–H groups in total. The summed E-state index contributed by atoms with van der Waals surface area (Å²) in [5.74, 6) is -1.04. The molecule has 0 unspecified atom stereocenters. The molecule has 5 nitrogen and oxygen atoms in total. The number of amides is 1. The van der Waals surface area contributed by atoms with E-state index in [1.54, 1.807) is 19.9 Å². The Labute approximate surface area is 117 Å². The number of hydrogen-bond donors (Lipinski definition) is 0. The molecule has 1 rings (SSSR count). The van der Waals surface area contributed by atoms with Crippen LogP contribution in [-0.2, 0) is 14.3 Å². The number of methoxy groups -OCH3 is 1. The topological polar surface area (TPSA) is 55.8 Å². The molecule has 0 aromatic heterocycles. The van der Waals surface area contributed by atoms with E-state index in [9.17, 15) is 14.0 Å². The third-order valence-electron chi connectivity index (χ3n) is 2.63. The van der Waals surface area contributed by atoms with Crippen LogP contribution in [0, 0.1) is 5.82 Å². The minimum absolute atomic E-state index is 0.139. The number of benzene rings is 1. The van der Waals surface area contributed by atoms with E-state index in [4.69, 9.17) is 4.74 Å². The molecule has 0 saturated heterocycles. The molecule has 1 amide bonds. The molecule has 1 aromatic rings. The molecule has 0 radical (unpaired) electrons. The number of carbonyl (C=O) groups is 2. The Balaban J connectivity index is 2.60. The van der Waals surface area contributed by atoms with Crippen LogP contribution in [-0.4, -0.2) is 43.1 Å². The first-order valence-electron chi connectivity index (χ1n) is 6.18. The van der Waals surface area contributed by atoms with E-state index in [-0.39, 0.29) is 30.9 Å². The molecule has 0 heterocycles. The Morgan fingerprint density at radius 1 is 1.35 bits per heavy atom. The molecule has 0 fully saturated rings. The van der Waals surface area contributed by atoms with Crippen molar-refractivity contribution >= 4 is 11.9 Å². The third-order valence-corrected chi connectivity index (χ3v) is 2.63. The zero-order chi connectivity index (χ0) is 15.1. The summed E-state index contributed by atoms with van der Waals surface area (Å²) in [6.45, 7) is 3.16. The van der Waals surface area contributed by atoms with Gasteiger partial charge in [-0.2, -0.15) is 0 Å². The van der Waals surface area contributed by atoms with Crippen molar-refractivity contribution in [2.24, 2.45) is 0 Å². The summed E-state index contributed by atoms with van der Waals surface area (Å²) in [5, 5.41) is 0. The van der Waals surface area contributed by atoms with Crippen LogP contribution in [0.1, 0.15) is 13.8 Å². The third kappa shape index (κ3) is 4.87. The van der Waals surface area contributed by atoms with Crippen molar-refractivity contribution in [1.29, 1.82) is 0 Å². The molecule has 1 aromatic carbocycles. The molecule has 0 aliphatic rings. The van der Waals surface area contributed by atoms with Crippen LogP contribution < -0.4 is 4.74 Å². The van der Waals surface area contributed by atoms with Crippen molar-refractivity contribution in [3.05, 3.63) is 30.1 Å². The van der Waals surface area contributed by atoms with Crippen LogP contribution >= 0.6 is 0 Å². The lowest BCUT2D eigenvalue weighted by molar-refractivity contribution is -0.149. The summed E-state index contributed by atoms with van der Waals surface area (Å²) in [6.07, 6.45) is 0. The highest BCUT2D eigenvalue weighted by Crippen LogP contribution is 2.12. The van der Waals surface area contributed by atoms with Gasteiger partial charge in [-0.05, 0) is 26.0 Å². The minimum Gasteiger partial charge on any atom is -0.484 e. The number of halogens is 1. The molecule has 0 aliphatic carbocycles. The summed E-state index contributed by atoms with van der Waals surface area (Å²) < 4.78 is 22.7. The maximum atomic E-state index is 13.0. The van der Waals surface area contributed by atoms with Gasteiger partial charge >= 0.3 is 5.97 Å². The lowest BCUT2D eigenvalue weighted by Gasteiger charge is -2.25. The fourth-order valence-corrected chi connectivity index (χ4v) is 1.55. The van der Waals surface area contributed by atoms with Gasteiger partial charge in [-0.3, -0.25) is 9.59 Å². The van der Waals surface area contributed by atoms with Gasteiger partial charge in [0, 0.05) is 12.1 Å². The minimum atomic E-state index is -0.502. The van der Waals surface area contributed by atoms with E-state index < -0.39 is 11.8 Å². The molecule has 0 atom stereocenters. The summed E-state index contributed by atoms with van der Waals surface area (Å²) in [6, 6.07) is 5.34. The molecular formula is C14H18FNO4. The zero-order valence-corrected chi connectivity index (χ0v) is 11.8. The second-order valence-electron chi connectivity index (χ2n) is 4.44. The Morgan fingerprint density at radius 2 is 2.05 bits per heavy atom. The van der Waals surface area contributed by atoms with Crippen LogP contribution in [0.4, 0.5) is 4.39 Å². The molecular weight excluding hydrogens is 265 g/mol. The van der Waals surface area contributed by atoms with E-state index in [0.717, 1.165) is 0 Å². The van der Waals surface area contributed by atoms with Crippen LogP contribution in [0.3, 0.4) is 0 Å². The van der Waals surface area contributed by atoms with Gasteiger partial charge in [0.05, 0.1) is 7.11 Å². The number of carbonyl (C=O) groups excluding carboxylic acids is 2. The highest BCUT2D eigenvalue weighted by molar-refractivity contribution is 5.83. The summed E-state index contributed by atoms with van der Waals surface area (Å²) in [4.78, 5) is 24.6. The van der Waals surface area contributed by atoms with Crippen LogP contribution in [0.5, 0.6) is 5.75 Å². The van der Waals surface area contributed by atoms with Crippen molar-refractivity contribution in [2.45, 2.75) is 19.9 Å². The highest BCUT2D eigenvalue weighted by Gasteiger charge is 2.20. The Bertz CT molecular complexity index is 476. The predicted octanol–water partition coefficient (Wildman–Crippen LogP) is 1.61. The van der Waals surface area contributed by atoms with Crippen molar-refractivity contribution in [1.82, 2.24) is 4.90 Å². The average molecular weight is 283 g/mol. The first kappa shape index (κ1) is 15.9. The van der Waals surface area contributed by atoms with Gasteiger partial charge in [-0.25, -0.2) is 4.39 Å². The predicted molar refractivity (Wildman–Crippen MR) is 70.8 cm³/mol. The Morgan fingerprint density at radius 3 is 2.60 bits per heavy atom. The molecule has 0 saturated carbocycles. The van der Waals surface area contributed by atoms with Gasteiger partial charge in [0.25, 0.3) is 5.91 Å². The normalized spacial score (nSPS) is 10.2. The second kappa shape index (κ2) is 7.47. The first-order chi connectivity index (χ1) is 9.43. The fourth-order valence-electron chi connectivity index (χ4n) is 1.55. The molecule has 0 aliphatic heterocycles. The lowest BCUT2D eigenvalue weighted by atomic mass is 10.3. The molecule has 0 spiro atoms. The summed E-state index contributed by atoms with van der Waals surface area (Å²) in [5.41, 5.74) is 0. The number of esters is 1. The highest BCUT2D eigenvalue weighted by atomic mass is 19.1. The monoisotopic (exact) mass is 283 g/mol. The number of hydrogen-bond acceptors (Lipinski definition) is 4. The fraction of sp³-hybridized carbons (Fsp3) is 0.429. The maximum Gasteiger partial charge on any atom is 0.325 e. The van der Waals surface area contributed by atoms with E-state index >= 15 is 0 Å². The molecule has 6 heteroatoms. The summed E-state index contributed by atoms with van der Waals surface area (Å²) in [7, 11) is 1.26. The van der Waals surface area contributed by atoms with Crippen LogP contribution in [0.25, 0.3) is 0 Å². The van der Waals surface area contributed by atoms with Gasteiger partial charge in [-0.15, -0.1) is 0 Å². The maximum absolute atomic E-state index is 13.0. The molecule has 110 valence electrons. The molecule has 0 bridgehead atoms. The number of ether oxygens (including phenoxy) is 2. The molecule has 20 heavy (non-hydrogen) atoms. The standard InChI is InChI=1S/C14H18FNO4/c1-10(2)16(8-14(18)19-3)13(17)9-20-12-6-4-5-11(15)7-12/h4-7,10H,8-9H2,1-3H3. The number of rotatable bonds is 6. The van der Waals surface area contributed by atoms with Gasteiger partial charge in [-0.1, -0.05) is 6.07 Å². The van der Waals surface area contributed by atoms with E-state index in [1.165, 1.54) is 30.2 Å². The second-order valence-corrected chi connectivity index (χ2v) is 4.44. The van der Waals surface area contributed by atoms with Crippen LogP contribution in [0.2, 0.25) is 0 Å². The largest absolute Gasteiger partial charge is 0.484 e. The lowest BCUT2D eigenvalue weighted by Crippen LogP contribution is -2.43. The zero-order valence-electron chi connectivity index (χ0n) is 11.8. The van der Waals surface area contributed by atoms with Crippen molar-refractivity contribution in [3.63, 3.8) is 0 Å². The number of nitrogens with zero attached hydrogens (tertiary/aromatic N) is 1. The SMILES string of the molecule is COC(=O)CN(C(=O)COc1cccc(F)c1)C(C)C. The summed E-state index contributed by atoms with van der Waals surface area (Å²) >= 11 is 0. The van der Waals surface area contributed by atoms with Crippen molar-refractivity contribution < 1.29 is 23.5 Å². The Kier molecular flexibility index (Phi) is 5.96. The smallest absolute Gasteiger partial charge is 0.325 e. The van der Waals surface area contributed by atoms with Gasteiger partial charge < -0.3 is 14.4 Å². The van der Waals surface area contributed by atoms with E-state index in [2.05, 4.69) is 4.74 Å². The van der Waals surface area contributed by atoms with E-state index in [1.807, 2.05) is 0 Å². The Hall–Kier alpha value is -2.11. The quantitative estimate of drug-likeness (QED) is 0.744. The van der Waals surface area contributed by atoms with Gasteiger partial charge in [0.15, 0.2) is 6.61 Å². The van der Waals surface area contributed by atoms with Gasteiger partial charge in [0.2, 0.25) is 0 Å².